The van der Waals surface area contributed by atoms with Crippen LogP contribution >= 0.6 is 11.3 Å². The number of benzene rings is 2. The number of hydrogen-bond acceptors (Lipinski definition) is 5. The van der Waals surface area contributed by atoms with Crippen LogP contribution in [-0.4, -0.2) is 14.5 Å². The molecule has 0 atom stereocenters. The maximum absolute atomic E-state index is 13.1. The molecule has 0 saturated heterocycles. The molecular weight excluding hydrogens is 369 g/mol. The van der Waals surface area contributed by atoms with Crippen LogP contribution in [-0.2, 0) is 6.54 Å². The summed E-state index contributed by atoms with van der Waals surface area (Å²) in [6, 6.07) is 12.0. The molecule has 134 valence electrons. The van der Waals surface area contributed by atoms with E-state index in [-0.39, 0.29) is 23.6 Å². The zero-order chi connectivity index (χ0) is 19.0. The molecule has 0 fully saturated rings. The van der Waals surface area contributed by atoms with Gasteiger partial charge < -0.3 is 0 Å². The van der Waals surface area contributed by atoms with Crippen molar-refractivity contribution in [3.63, 3.8) is 0 Å². The largest absolute Gasteiger partial charge is 0.294 e. The number of nitro benzene ring substituents is 1. The van der Waals surface area contributed by atoms with E-state index in [0.29, 0.717) is 21.3 Å². The maximum Gasteiger partial charge on any atom is 0.269 e. The molecule has 0 N–H and O–H groups in total. The van der Waals surface area contributed by atoms with Crippen molar-refractivity contribution < 1.29 is 9.31 Å². The van der Waals surface area contributed by atoms with Crippen molar-refractivity contribution in [3.8, 4) is 11.1 Å². The third-order valence-corrected chi connectivity index (χ3v) is 5.10. The molecule has 0 saturated carbocycles. The molecule has 0 bridgehead atoms. The molecule has 0 aliphatic rings. The van der Waals surface area contributed by atoms with E-state index in [0.717, 1.165) is 5.56 Å². The molecule has 0 radical (unpaired) electrons. The highest BCUT2D eigenvalue weighted by atomic mass is 32.1. The fourth-order valence-electron chi connectivity index (χ4n) is 2.84. The van der Waals surface area contributed by atoms with Crippen molar-refractivity contribution in [1.29, 1.82) is 0 Å². The maximum atomic E-state index is 13.1. The van der Waals surface area contributed by atoms with Crippen molar-refractivity contribution in [3.05, 3.63) is 92.1 Å². The van der Waals surface area contributed by atoms with Crippen LogP contribution in [0.2, 0.25) is 0 Å². The molecule has 2 aromatic carbocycles. The minimum absolute atomic E-state index is 0.00914. The lowest BCUT2D eigenvalue weighted by atomic mass is 10.1. The number of halogens is 1. The van der Waals surface area contributed by atoms with Gasteiger partial charge >= 0.3 is 0 Å². The monoisotopic (exact) mass is 381 g/mol. The number of nitro groups is 1. The molecule has 0 aliphatic heterocycles. The van der Waals surface area contributed by atoms with E-state index >= 15 is 0 Å². The lowest BCUT2D eigenvalue weighted by Crippen LogP contribution is -2.20. The topological polar surface area (TPSA) is 78.0 Å². The highest BCUT2D eigenvalue weighted by Gasteiger charge is 2.14. The summed E-state index contributed by atoms with van der Waals surface area (Å²) in [5.41, 5.74) is 1.97. The van der Waals surface area contributed by atoms with Crippen LogP contribution in [0.1, 0.15) is 5.56 Å². The van der Waals surface area contributed by atoms with Crippen LogP contribution in [0.25, 0.3) is 21.3 Å². The summed E-state index contributed by atoms with van der Waals surface area (Å²) >= 11 is 1.34. The molecule has 0 amide bonds. The first-order valence-electron chi connectivity index (χ1n) is 7.99. The molecule has 4 rings (SSSR count). The second-order valence-electron chi connectivity index (χ2n) is 5.94. The average molecular weight is 381 g/mol. The molecule has 0 unspecified atom stereocenters. The Balaban J connectivity index is 1.78. The van der Waals surface area contributed by atoms with E-state index in [1.54, 1.807) is 24.3 Å². The van der Waals surface area contributed by atoms with Crippen molar-refractivity contribution in [2.75, 3.05) is 0 Å². The number of non-ortho nitro benzene ring substituents is 1. The summed E-state index contributed by atoms with van der Waals surface area (Å²) in [6.07, 6.45) is 1.48. The van der Waals surface area contributed by atoms with E-state index < -0.39 is 4.92 Å². The molecule has 27 heavy (non-hydrogen) atoms. The summed E-state index contributed by atoms with van der Waals surface area (Å²) in [7, 11) is 0. The van der Waals surface area contributed by atoms with E-state index in [2.05, 4.69) is 4.98 Å². The SMILES string of the molecule is O=c1c2c(-c3ccc([N+](=O)[O-])cc3)csc2ncn1Cc1ccc(F)cc1. The van der Waals surface area contributed by atoms with Gasteiger partial charge in [-0.3, -0.25) is 19.5 Å². The van der Waals surface area contributed by atoms with E-state index in [1.165, 1.54) is 46.5 Å². The Morgan fingerprint density at radius 2 is 1.81 bits per heavy atom. The Morgan fingerprint density at radius 1 is 1.11 bits per heavy atom. The van der Waals surface area contributed by atoms with Gasteiger partial charge in [-0.05, 0) is 35.4 Å². The lowest BCUT2D eigenvalue weighted by Gasteiger charge is -2.06. The van der Waals surface area contributed by atoms with Crippen LogP contribution < -0.4 is 5.56 Å². The standard InChI is InChI=1S/C19H12FN3O3S/c20-14-5-1-12(2-6-14)9-22-11-21-18-17(19(22)24)16(10-27-18)13-3-7-15(8-4-13)23(25)26/h1-8,10-11H,9H2. The Labute approximate surface area is 156 Å². The second-order valence-corrected chi connectivity index (χ2v) is 6.80. The minimum atomic E-state index is -0.466. The van der Waals surface area contributed by atoms with E-state index in [4.69, 9.17) is 0 Å². The van der Waals surface area contributed by atoms with Gasteiger partial charge in [0, 0.05) is 23.1 Å². The Morgan fingerprint density at radius 3 is 2.48 bits per heavy atom. The summed E-state index contributed by atoms with van der Waals surface area (Å²) in [4.78, 5) is 28.3. The van der Waals surface area contributed by atoms with Gasteiger partial charge in [0.1, 0.15) is 10.6 Å². The van der Waals surface area contributed by atoms with Crippen LogP contribution in [0.3, 0.4) is 0 Å². The van der Waals surface area contributed by atoms with Gasteiger partial charge in [-0.2, -0.15) is 0 Å². The van der Waals surface area contributed by atoms with Gasteiger partial charge in [0.15, 0.2) is 0 Å². The first-order valence-corrected chi connectivity index (χ1v) is 8.87. The number of rotatable bonds is 4. The van der Waals surface area contributed by atoms with Gasteiger partial charge in [-0.1, -0.05) is 12.1 Å². The third-order valence-electron chi connectivity index (χ3n) is 4.22. The van der Waals surface area contributed by atoms with Gasteiger partial charge in [-0.25, -0.2) is 9.37 Å². The molecular formula is C19H12FN3O3S. The Bertz CT molecular complexity index is 1200. The predicted octanol–water partition coefficient (Wildman–Crippen LogP) is 4.22. The van der Waals surface area contributed by atoms with Crippen molar-refractivity contribution in [1.82, 2.24) is 9.55 Å². The fourth-order valence-corrected chi connectivity index (χ4v) is 3.75. The summed E-state index contributed by atoms with van der Waals surface area (Å²) in [6.45, 7) is 0.275. The Hall–Kier alpha value is -3.39. The summed E-state index contributed by atoms with van der Waals surface area (Å²) in [5.74, 6) is -0.335. The van der Waals surface area contributed by atoms with Crippen LogP contribution in [0.4, 0.5) is 10.1 Å². The molecule has 0 spiro atoms. The molecule has 2 heterocycles. The molecule has 4 aromatic rings. The molecule has 2 aromatic heterocycles. The number of aromatic nitrogens is 2. The quantitative estimate of drug-likeness (QED) is 0.392. The third kappa shape index (κ3) is 3.22. The minimum Gasteiger partial charge on any atom is -0.294 e. The first kappa shape index (κ1) is 17.0. The second kappa shape index (κ2) is 6.73. The zero-order valence-corrected chi connectivity index (χ0v) is 14.6. The number of thiophene rings is 1. The van der Waals surface area contributed by atoms with Gasteiger partial charge in [0.2, 0.25) is 0 Å². The average Bonchev–Trinajstić information content (AvgIpc) is 3.11. The highest BCUT2D eigenvalue weighted by molar-refractivity contribution is 7.17. The molecule has 8 heteroatoms. The van der Waals surface area contributed by atoms with Crippen molar-refractivity contribution in [2.24, 2.45) is 0 Å². The smallest absolute Gasteiger partial charge is 0.269 e. The predicted molar refractivity (Wildman–Crippen MR) is 101 cm³/mol. The molecule has 0 aliphatic carbocycles. The Kier molecular flexibility index (Phi) is 4.25. The number of nitrogens with zero attached hydrogens (tertiary/aromatic N) is 3. The van der Waals surface area contributed by atoms with Crippen molar-refractivity contribution in [2.45, 2.75) is 6.54 Å². The molecule has 6 nitrogen and oxygen atoms in total. The summed E-state index contributed by atoms with van der Waals surface area (Å²) < 4.78 is 14.5. The fraction of sp³-hybridized carbons (Fsp3) is 0.0526. The van der Waals surface area contributed by atoms with Crippen LogP contribution in [0.15, 0.2) is 65.0 Å². The van der Waals surface area contributed by atoms with Crippen LogP contribution in [0, 0.1) is 15.9 Å². The first-order chi connectivity index (χ1) is 13.0. The van der Waals surface area contributed by atoms with Crippen molar-refractivity contribution >= 4 is 27.2 Å². The van der Waals surface area contributed by atoms with Gasteiger partial charge in [0.25, 0.3) is 11.2 Å². The number of hydrogen-bond donors (Lipinski definition) is 0. The van der Waals surface area contributed by atoms with E-state index in [9.17, 15) is 19.3 Å². The van der Waals surface area contributed by atoms with E-state index in [1.807, 2.05) is 5.38 Å². The van der Waals surface area contributed by atoms with Crippen LogP contribution in [0.5, 0.6) is 0 Å². The summed E-state index contributed by atoms with van der Waals surface area (Å²) in [5, 5.41) is 13.1. The normalized spacial score (nSPS) is 11.0. The van der Waals surface area contributed by atoms with Gasteiger partial charge in [-0.15, -0.1) is 11.3 Å². The highest BCUT2D eigenvalue weighted by Crippen LogP contribution is 2.31. The lowest BCUT2D eigenvalue weighted by molar-refractivity contribution is -0.384. The number of fused-ring (bicyclic) bond motifs is 1. The van der Waals surface area contributed by atoms with Gasteiger partial charge in [0.05, 0.1) is 23.2 Å². The zero-order valence-electron chi connectivity index (χ0n) is 13.8.